The number of nitrogens with one attached hydrogen (secondary N) is 1. The number of rotatable bonds is 4. The van der Waals surface area contributed by atoms with Crippen LogP contribution in [-0.2, 0) is 16.1 Å². The number of aryl methyl sites for hydroxylation is 1. The van der Waals surface area contributed by atoms with Gasteiger partial charge in [-0.05, 0) is 39.0 Å². The summed E-state index contributed by atoms with van der Waals surface area (Å²) >= 11 is 6.18. The largest absolute Gasteiger partial charge is 0.351 e. The van der Waals surface area contributed by atoms with Gasteiger partial charge in [0.2, 0.25) is 11.8 Å². The molecule has 3 rings (SSSR count). The third-order valence-corrected chi connectivity index (χ3v) is 4.97. The normalized spacial score (nSPS) is 18.2. The Hall–Kier alpha value is -2.01. The van der Waals surface area contributed by atoms with Crippen molar-refractivity contribution in [3.63, 3.8) is 0 Å². The number of amides is 2. The fourth-order valence-corrected chi connectivity index (χ4v) is 3.59. The molecule has 2 heterocycles. The van der Waals surface area contributed by atoms with E-state index in [2.05, 4.69) is 5.32 Å². The van der Waals surface area contributed by atoms with E-state index in [4.69, 9.17) is 11.6 Å². The number of hydrogen-bond acceptors (Lipinski definition) is 2. The van der Waals surface area contributed by atoms with Crippen LogP contribution < -0.4 is 5.32 Å². The van der Waals surface area contributed by atoms with Gasteiger partial charge in [-0.1, -0.05) is 17.7 Å². The second-order valence-electron chi connectivity index (χ2n) is 7.58. The lowest BCUT2D eigenvalue weighted by molar-refractivity contribution is -0.131. The van der Waals surface area contributed by atoms with Gasteiger partial charge in [-0.3, -0.25) is 9.59 Å². The van der Waals surface area contributed by atoms with E-state index in [1.54, 1.807) is 0 Å². The van der Waals surface area contributed by atoms with Crippen molar-refractivity contribution in [2.45, 2.75) is 51.7 Å². The Bertz CT molecular complexity index is 807. The van der Waals surface area contributed by atoms with Crippen molar-refractivity contribution in [2.24, 2.45) is 0 Å². The summed E-state index contributed by atoms with van der Waals surface area (Å²) in [4.78, 5) is 26.2. The first kappa shape index (κ1) is 17.8. The SMILES string of the molecule is CC(C)(C)N1CC(NC(=O)CCn2ccc3c(Cl)cccc32)CC1=O. The summed E-state index contributed by atoms with van der Waals surface area (Å²) in [6, 6.07) is 7.63. The van der Waals surface area contributed by atoms with Crippen LogP contribution in [0.3, 0.4) is 0 Å². The van der Waals surface area contributed by atoms with Crippen molar-refractivity contribution < 1.29 is 9.59 Å². The average Bonchev–Trinajstić information content (AvgIpc) is 3.09. The molecule has 0 spiro atoms. The number of hydrogen-bond donors (Lipinski definition) is 1. The molecule has 134 valence electrons. The molecule has 25 heavy (non-hydrogen) atoms. The third-order valence-electron chi connectivity index (χ3n) is 4.64. The number of benzene rings is 1. The van der Waals surface area contributed by atoms with E-state index in [9.17, 15) is 9.59 Å². The first-order valence-electron chi connectivity index (χ1n) is 8.59. The predicted molar refractivity (Wildman–Crippen MR) is 99.6 cm³/mol. The number of nitrogens with zero attached hydrogens (tertiary/aromatic N) is 2. The van der Waals surface area contributed by atoms with Crippen LogP contribution >= 0.6 is 11.6 Å². The number of fused-ring (bicyclic) bond motifs is 1. The second-order valence-corrected chi connectivity index (χ2v) is 7.98. The van der Waals surface area contributed by atoms with Gasteiger partial charge in [-0.2, -0.15) is 0 Å². The van der Waals surface area contributed by atoms with Crippen LogP contribution in [0.1, 0.15) is 33.6 Å². The van der Waals surface area contributed by atoms with Gasteiger partial charge in [-0.15, -0.1) is 0 Å². The third kappa shape index (κ3) is 3.82. The van der Waals surface area contributed by atoms with Gasteiger partial charge >= 0.3 is 0 Å². The lowest BCUT2D eigenvalue weighted by Crippen LogP contribution is -2.44. The molecule has 1 atom stereocenters. The first-order chi connectivity index (χ1) is 11.8. The molecule has 1 aromatic heterocycles. The monoisotopic (exact) mass is 361 g/mol. The molecular formula is C19H24ClN3O2. The van der Waals surface area contributed by atoms with Crippen molar-refractivity contribution in [3.8, 4) is 0 Å². The highest BCUT2D eigenvalue weighted by Gasteiger charge is 2.36. The molecule has 0 radical (unpaired) electrons. The number of carbonyl (C=O) groups excluding carboxylic acids is 2. The molecule has 0 bridgehead atoms. The number of halogens is 1. The maximum atomic E-state index is 12.3. The van der Waals surface area contributed by atoms with Gasteiger partial charge in [0.25, 0.3) is 0 Å². The predicted octanol–water partition coefficient (Wildman–Crippen LogP) is 3.20. The molecule has 1 unspecified atom stereocenters. The summed E-state index contributed by atoms with van der Waals surface area (Å²) in [7, 11) is 0. The van der Waals surface area contributed by atoms with E-state index in [-0.39, 0.29) is 23.4 Å². The number of carbonyl (C=O) groups is 2. The van der Waals surface area contributed by atoms with Gasteiger partial charge in [0.15, 0.2) is 0 Å². The smallest absolute Gasteiger partial charge is 0.225 e. The molecule has 6 heteroatoms. The van der Waals surface area contributed by atoms with Gasteiger partial charge in [0.1, 0.15) is 0 Å². The van der Waals surface area contributed by atoms with Crippen LogP contribution in [0.25, 0.3) is 10.9 Å². The van der Waals surface area contributed by atoms with Crippen LogP contribution in [0.4, 0.5) is 0 Å². The molecular weight excluding hydrogens is 338 g/mol. The Labute approximate surface area is 152 Å². The maximum Gasteiger partial charge on any atom is 0.225 e. The van der Waals surface area contributed by atoms with Crippen LogP contribution in [0, 0.1) is 0 Å². The van der Waals surface area contributed by atoms with Crippen LogP contribution in [0.2, 0.25) is 5.02 Å². The molecule has 0 saturated carbocycles. The number of aromatic nitrogens is 1. The minimum atomic E-state index is -0.208. The second kappa shape index (κ2) is 6.71. The molecule has 1 saturated heterocycles. The molecule has 1 fully saturated rings. The van der Waals surface area contributed by atoms with E-state index in [0.29, 0.717) is 31.0 Å². The Morgan fingerprint density at radius 2 is 2.08 bits per heavy atom. The average molecular weight is 362 g/mol. The van der Waals surface area contributed by atoms with Crippen LogP contribution in [0.5, 0.6) is 0 Å². The summed E-state index contributed by atoms with van der Waals surface area (Å²) in [5.74, 6) is 0.0706. The van der Waals surface area contributed by atoms with E-state index in [0.717, 1.165) is 10.9 Å². The van der Waals surface area contributed by atoms with Gasteiger partial charge in [0.05, 0.1) is 6.04 Å². The summed E-state index contributed by atoms with van der Waals surface area (Å²) in [6.07, 6.45) is 2.70. The molecule has 1 aliphatic rings. The Kier molecular flexibility index (Phi) is 4.78. The standard InChI is InChI=1S/C19H24ClN3O2/c1-19(2,3)23-12-13(11-18(23)25)21-17(24)8-10-22-9-7-14-15(20)5-4-6-16(14)22/h4-7,9,13H,8,10-12H2,1-3H3,(H,21,24). The maximum absolute atomic E-state index is 12.3. The molecule has 5 nitrogen and oxygen atoms in total. The minimum Gasteiger partial charge on any atom is -0.351 e. The van der Waals surface area contributed by atoms with Crippen molar-refractivity contribution in [1.82, 2.24) is 14.8 Å². The highest BCUT2D eigenvalue weighted by molar-refractivity contribution is 6.35. The number of likely N-dealkylation sites (tertiary alicyclic amines) is 1. The van der Waals surface area contributed by atoms with E-state index >= 15 is 0 Å². The fourth-order valence-electron chi connectivity index (χ4n) is 3.36. The fraction of sp³-hybridized carbons (Fsp3) is 0.474. The Morgan fingerprint density at radius 1 is 1.32 bits per heavy atom. The summed E-state index contributed by atoms with van der Waals surface area (Å²) in [5, 5.41) is 4.70. The van der Waals surface area contributed by atoms with Crippen LogP contribution in [-0.4, -0.2) is 39.4 Å². The minimum absolute atomic E-state index is 0.0302. The Morgan fingerprint density at radius 3 is 2.76 bits per heavy atom. The van der Waals surface area contributed by atoms with E-state index in [1.807, 2.05) is 60.7 Å². The molecule has 0 aliphatic carbocycles. The quantitative estimate of drug-likeness (QED) is 0.909. The molecule has 1 N–H and O–H groups in total. The first-order valence-corrected chi connectivity index (χ1v) is 8.96. The molecule has 2 amide bonds. The molecule has 1 aromatic carbocycles. The topological polar surface area (TPSA) is 54.3 Å². The zero-order valence-electron chi connectivity index (χ0n) is 14.9. The van der Waals surface area contributed by atoms with Crippen molar-refractivity contribution in [1.29, 1.82) is 0 Å². The van der Waals surface area contributed by atoms with Gasteiger partial charge < -0.3 is 14.8 Å². The highest BCUT2D eigenvalue weighted by atomic mass is 35.5. The zero-order chi connectivity index (χ0) is 18.2. The Balaban J connectivity index is 1.57. The highest BCUT2D eigenvalue weighted by Crippen LogP contribution is 2.24. The van der Waals surface area contributed by atoms with E-state index in [1.165, 1.54) is 0 Å². The lowest BCUT2D eigenvalue weighted by atomic mass is 10.1. The van der Waals surface area contributed by atoms with Crippen molar-refractivity contribution >= 4 is 34.3 Å². The zero-order valence-corrected chi connectivity index (χ0v) is 15.6. The summed E-state index contributed by atoms with van der Waals surface area (Å²) in [5.41, 5.74) is 0.815. The van der Waals surface area contributed by atoms with Crippen LogP contribution in [0.15, 0.2) is 30.5 Å². The van der Waals surface area contributed by atoms with Crippen molar-refractivity contribution in [2.75, 3.05) is 6.54 Å². The van der Waals surface area contributed by atoms with E-state index < -0.39 is 0 Å². The van der Waals surface area contributed by atoms with Gasteiger partial charge in [-0.25, -0.2) is 0 Å². The molecule has 2 aromatic rings. The summed E-state index contributed by atoms with van der Waals surface area (Å²) < 4.78 is 2.03. The van der Waals surface area contributed by atoms with Crippen molar-refractivity contribution in [3.05, 3.63) is 35.5 Å². The van der Waals surface area contributed by atoms with Gasteiger partial charge in [0, 0.05) is 53.6 Å². The lowest BCUT2D eigenvalue weighted by Gasteiger charge is -2.32. The summed E-state index contributed by atoms with van der Waals surface area (Å²) in [6.45, 7) is 7.20. The molecule has 1 aliphatic heterocycles.